The highest BCUT2D eigenvalue weighted by molar-refractivity contribution is 6.06. The van der Waals surface area contributed by atoms with E-state index in [4.69, 9.17) is 9.72 Å². The topological polar surface area (TPSA) is 118 Å². The molecule has 240 valence electrons. The maximum absolute atomic E-state index is 13.5. The van der Waals surface area contributed by atoms with Crippen molar-refractivity contribution in [3.05, 3.63) is 89.7 Å². The number of hydrogen-bond donors (Lipinski definition) is 2. The number of rotatable bonds is 10. The fourth-order valence-corrected chi connectivity index (χ4v) is 6.29. The average Bonchev–Trinajstić information content (AvgIpc) is 3.65. The monoisotopic (exact) mass is 623 g/mol. The van der Waals surface area contributed by atoms with Crippen LogP contribution in [0.1, 0.15) is 64.5 Å². The first kappa shape index (κ1) is 31.4. The number of aromatic amines is 1. The lowest BCUT2D eigenvalue weighted by molar-refractivity contribution is -0.861. The van der Waals surface area contributed by atoms with Gasteiger partial charge in [0.1, 0.15) is 17.6 Å². The number of nitrogens with zero attached hydrogens (tertiary/aromatic N) is 6. The van der Waals surface area contributed by atoms with E-state index >= 15 is 0 Å². The molecule has 0 radical (unpaired) electrons. The zero-order valence-electron chi connectivity index (χ0n) is 27.3. The second-order valence-electron chi connectivity index (χ2n) is 12.9. The number of hydrogen-bond acceptors (Lipinski definition) is 7. The second-order valence-corrected chi connectivity index (χ2v) is 12.9. The Balaban J connectivity index is 1.32. The Labute approximate surface area is 269 Å². The first-order valence-corrected chi connectivity index (χ1v) is 15.9. The van der Waals surface area contributed by atoms with Crippen LogP contribution in [0, 0.1) is 13.8 Å². The van der Waals surface area contributed by atoms with Gasteiger partial charge in [0.25, 0.3) is 5.91 Å². The average molecular weight is 624 g/mol. The number of piperazine rings is 1. The molecule has 0 bridgehead atoms. The van der Waals surface area contributed by atoms with Crippen LogP contribution in [0.2, 0.25) is 0 Å². The lowest BCUT2D eigenvalue weighted by Crippen LogP contribution is -2.65. The Morgan fingerprint density at radius 3 is 2.63 bits per heavy atom. The number of amides is 2. The Morgan fingerprint density at radius 2 is 2.02 bits per heavy atom. The maximum Gasteiger partial charge on any atom is 0.338 e. The van der Waals surface area contributed by atoms with Crippen molar-refractivity contribution in [3.63, 3.8) is 0 Å². The summed E-state index contributed by atoms with van der Waals surface area (Å²) in [4.78, 5) is 41.2. The molecule has 0 spiro atoms. The molecule has 6 rings (SSSR count). The number of H-pyrrole nitrogens is 1. The highest BCUT2D eigenvalue weighted by Crippen LogP contribution is 2.40. The van der Waals surface area contributed by atoms with Gasteiger partial charge in [0, 0.05) is 62.1 Å². The Kier molecular flexibility index (Phi) is 8.63. The predicted molar refractivity (Wildman–Crippen MR) is 176 cm³/mol. The first-order valence-electron chi connectivity index (χ1n) is 15.9. The molecular formula is C35H43N8O3+. The predicted octanol–water partition coefficient (Wildman–Crippen LogP) is 4.94. The normalized spacial score (nSPS) is 20.7. The van der Waals surface area contributed by atoms with E-state index in [1.165, 1.54) is 24.5 Å². The van der Waals surface area contributed by atoms with Crippen molar-refractivity contribution in [3.8, 4) is 17.1 Å². The van der Waals surface area contributed by atoms with E-state index in [0.717, 1.165) is 29.9 Å². The van der Waals surface area contributed by atoms with Crippen LogP contribution in [0.15, 0.2) is 61.7 Å². The number of benzene rings is 1. The van der Waals surface area contributed by atoms with Gasteiger partial charge in [-0.15, -0.1) is 0 Å². The molecule has 4 heterocycles. The van der Waals surface area contributed by atoms with Crippen molar-refractivity contribution < 1.29 is 18.8 Å². The van der Waals surface area contributed by atoms with Crippen LogP contribution in [0.25, 0.3) is 11.4 Å². The summed E-state index contributed by atoms with van der Waals surface area (Å²) in [6, 6.07) is 8.05. The molecule has 1 aliphatic carbocycles. The molecule has 2 amide bonds. The van der Waals surface area contributed by atoms with Gasteiger partial charge in [0.15, 0.2) is 11.9 Å². The zero-order chi connectivity index (χ0) is 32.6. The van der Waals surface area contributed by atoms with Gasteiger partial charge in [-0.05, 0) is 68.9 Å². The number of carbonyl (C=O) groups excluding carboxylic acids is 2. The fourth-order valence-electron chi connectivity index (χ4n) is 6.29. The number of aromatic nitrogens is 5. The van der Waals surface area contributed by atoms with Crippen LogP contribution < -0.4 is 10.1 Å². The molecule has 1 saturated carbocycles. The number of imidazole rings is 1. The molecule has 1 aliphatic heterocycles. The molecule has 4 aromatic rings. The summed E-state index contributed by atoms with van der Waals surface area (Å²) in [6.07, 6.45) is 10.7. The van der Waals surface area contributed by atoms with Crippen molar-refractivity contribution in [2.24, 2.45) is 7.05 Å². The zero-order valence-corrected chi connectivity index (χ0v) is 27.3. The number of quaternary nitrogens is 1. The van der Waals surface area contributed by atoms with Crippen LogP contribution >= 0.6 is 0 Å². The van der Waals surface area contributed by atoms with Crippen LogP contribution in [0.4, 0.5) is 5.82 Å². The third-order valence-corrected chi connectivity index (χ3v) is 9.50. The van der Waals surface area contributed by atoms with Crippen molar-refractivity contribution >= 4 is 17.6 Å². The quantitative estimate of drug-likeness (QED) is 0.190. The van der Waals surface area contributed by atoms with E-state index in [0.29, 0.717) is 52.0 Å². The second kappa shape index (κ2) is 12.6. The molecule has 2 fully saturated rings. The lowest BCUT2D eigenvalue weighted by Gasteiger charge is -2.44. The largest absolute Gasteiger partial charge is 0.482 e. The minimum Gasteiger partial charge on any atom is -0.482 e. The van der Waals surface area contributed by atoms with Gasteiger partial charge in [-0.25, -0.2) is 9.78 Å². The number of likely N-dealkylation sites (N-methyl/N-ethyl adjacent to an activating group) is 1. The summed E-state index contributed by atoms with van der Waals surface area (Å²) >= 11 is 0. The van der Waals surface area contributed by atoms with E-state index in [9.17, 15) is 9.59 Å². The van der Waals surface area contributed by atoms with Gasteiger partial charge < -0.3 is 15.0 Å². The van der Waals surface area contributed by atoms with Gasteiger partial charge in [-0.2, -0.15) is 5.10 Å². The molecule has 46 heavy (non-hydrogen) atoms. The van der Waals surface area contributed by atoms with E-state index < -0.39 is 6.10 Å². The summed E-state index contributed by atoms with van der Waals surface area (Å²) in [7, 11) is 3.81. The molecule has 11 heteroatoms. The number of nitrogens with one attached hydrogen (secondary N) is 2. The third-order valence-electron chi connectivity index (χ3n) is 9.50. The van der Waals surface area contributed by atoms with E-state index in [1.54, 1.807) is 17.1 Å². The van der Waals surface area contributed by atoms with Gasteiger partial charge in [-0.3, -0.25) is 23.8 Å². The standard InChI is InChI=1S/C35H42N8O3/c1-7-32(44)43(6)15-14-42(20-24(43)4)21-31(29-11-10-26(18-38-29)25-8-9-25)46-30-16-22(2)27(17-28(30)34-36-12-13-37-34)35(45)39-33-23(3)19-41(5)40-33/h7,10-13,16-19,24-25,31H,1,8-9,14-15,20-21H2,2-6H3,(H-,36,37,39,40,45)/p+1/t24-,31-,43?/m1/s1. The summed E-state index contributed by atoms with van der Waals surface area (Å²) in [5, 5.41) is 7.33. The molecule has 1 aromatic carbocycles. The van der Waals surface area contributed by atoms with E-state index in [1.807, 2.05) is 52.5 Å². The molecule has 3 atom stereocenters. The Hall–Kier alpha value is -4.61. The highest BCUT2D eigenvalue weighted by atomic mass is 16.5. The van der Waals surface area contributed by atoms with Crippen LogP contribution in [-0.4, -0.2) is 85.2 Å². The van der Waals surface area contributed by atoms with Gasteiger partial charge in [0.2, 0.25) is 0 Å². The highest BCUT2D eigenvalue weighted by Gasteiger charge is 2.41. The number of carbonyl (C=O) groups is 2. The molecule has 2 aliphatic rings. The minimum atomic E-state index is -0.406. The van der Waals surface area contributed by atoms with E-state index in [2.05, 4.69) is 50.9 Å². The SMILES string of the molecule is C=CC(=O)[N+]1(C)CCN(C[C@@H](Oc2cc(C)c(C(=O)Nc3nn(C)cc3C)cc2-c2ncc[nH]2)c2ccc(C3CC3)cn2)C[C@H]1C. The Morgan fingerprint density at radius 1 is 1.22 bits per heavy atom. The number of anilines is 1. The van der Waals surface area contributed by atoms with Crippen LogP contribution in [0.5, 0.6) is 5.75 Å². The number of ether oxygens (including phenoxy) is 1. The lowest BCUT2D eigenvalue weighted by atomic mass is 10.0. The van der Waals surface area contributed by atoms with Crippen molar-refractivity contribution in [1.82, 2.24) is 29.6 Å². The molecule has 3 aromatic heterocycles. The van der Waals surface area contributed by atoms with Crippen molar-refractivity contribution in [2.45, 2.75) is 51.7 Å². The summed E-state index contributed by atoms with van der Waals surface area (Å²) in [6.45, 7) is 12.4. The number of pyridine rings is 1. The van der Waals surface area contributed by atoms with Crippen molar-refractivity contribution in [1.29, 1.82) is 0 Å². The summed E-state index contributed by atoms with van der Waals surface area (Å²) in [5.41, 5.74) is 4.90. The minimum absolute atomic E-state index is 0.0400. The first-order chi connectivity index (χ1) is 22.0. The van der Waals surface area contributed by atoms with Gasteiger partial charge >= 0.3 is 5.91 Å². The summed E-state index contributed by atoms with van der Waals surface area (Å²) < 4.78 is 8.90. The smallest absolute Gasteiger partial charge is 0.338 e. The summed E-state index contributed by atoms with van der Waals surface area (Å²) in [5.74, 6) is 2.10. The Bertz CT molecular complexity index is 1740. The molecule has 2 N–H and O–H groups in total. The van der Waals surface area contributed by atoms with Crippen LogP contribution in [0.3, 0.4) is 0 Å². The van der Waals surface area contributed by atoms with Gasteiger partial charge in [-0.1, -0.05) is 12.6 Å². The van der Waals surface area contributed by atoms with Crippen LogP contribution in [-0.2, 0) is 11.8 Å². The molecule has 11 nitrogen and oxygen atoms in total. The van der Waals surface area contributed by atoms with Gasteiger partial charge in [0.05, 0.1) is 31.4 Å². The molecule has 1 unspecified atom stereocenters. The molecular weight excluding hydrogens is 580 g/mol. The third kappa shape index (κ3) is 6.38. The fraction of sp³-hybridized carbons (Fsp3) is 0.400. The molecule has 1 saturated heterocycles. The van der Waals surface area contributed by atoms with E-state index in [-0.39, 0.29) is 17.9 Å². The maximum atomic E-state index is 13.5. The van der Waals surface area contributed by atoms with Crippen molar-refractivity contribution in [2.75, 3.05) is 38.5 Å². The number of aryl methyl sites for hydroxylation is 3.